The summed E-state index contributed by atoms with van der Waals surface area (Å²) >= 11 is 0. The lowest BCUT2D eigenvalue weighted by atomic mass is 9.99. The molecule has 0 bridgehead atoms. The third kappa shape index (κ3) is 3.44. The predicted octanol–water partition coefficient (Wildman–Crippen LogP) is 0.893. The first-order valence-corrected chi connectivity index (χ1v) is 5.08. The fourth-order valence-electron chi connectivity index (χ4n) is 1.41. The maximum Gasteiger partial charge on any atom is 0.471 e. The van der Waals surface area contributed by atoms with Crippen molar-refractivity contribution in [2.45, 2.75) is 18.3 Å². The maximum atomic E-state index is 12.1. The normalized spacial score (nSPS) is 14.9. The van der Waals surface area contributed by atoms with Gasteiger partial charge < -0.3 is 15.5 Å². The molecule has 1 aromatic carbocycles. The summed E-state index contributed by atoms with van der Waals surface area (Å²) in [6, 6.07) is 7.31. The Kier molecular flexibility index (Phi) is 4.31. The van der Waals surface area contributed by atoms with Crippen molar-refractivity contribution in [3.05, 3.63) is 35.9 Å². The Morgan fingerprint density at radius 1 is 1.22 bits per heavy atom. The van der Waals surface area contributed by atoms with Gasteiger partial charge in [-0.1, -0.05) is 30.3 Å². The van der Waals surface area contributed by atoms with Crippen LogP contribution in [0.1, 0.15) is 12.0 Å². The quantitative estimate of drug-likeness (QED) is 0.707. The first kappa shape index (κ1) is 14.5. The minimum Gasteiger partial charge on any atom is -0.396 e. The highest BCUT2D eigenvalue weighted by Gasteiger charge is 2.43. The van der Waals surface area contributed by atoms with Crippen LogP contribution in [0.4, 0.5) is 13.2 Å². The zero-order chi connectivity index (χ0) is 13.8. The van der Waals surface area contributed by atoms with Crippen molar-refractivity contribution in [2.75, 3.05) is 6.61 Å². The molecule has 0 aliphatic rings. The molecular weight excluding hydrogens is 251 g/mol. The van der Waals surface area contributed by atoms with E-state index < -0.39 is 30.8 Å². The molecular formula is C11H12F3NO3. The summed E-state index contributed by atoms with van der Waals surface area (Å²) in [6.07, 6.45) is -5.54. The van der Waals surface area contributed by atoms with Crippen LogP contribution in [0.25, 0.3) is 0 Å². The van der Waals surface area contributed by atoms with Crippen molar-refractivity contribution in [3.8, 4) is 0 Å². The minimum atomic E-state index is -5.10. The SMILES string of the molecule is O=C(NC(O)(CCO)c1ccccc1)C(F)(F)F. The number of halogens is 3. The van der Waals surface area contributed by atoms with E-state index in [4.69, 9.17) is 5.11 Å². The Morgan fingerprint density at radius 2 is 1.78 bits per heavy atom. The first-order chi connectivity index (χ1) is 8.29. The molecule has 1 amide bonds. The fourth-order valence-corrected chi connectivity index (χ4v) is 1.41. The van der Waals surface area contributed by atoms with Crippen molar-refractivity contribution in [3.63, 3.8) is 0 Å². The van der Waals surface area contributed by atoms with Gasteiger partial charge in [0.05, 0.1) is 0 Å². The van der Waals surface area contributed by atoms with Gasteiger partial charge in [-0.15, -0.1) is 0 Å². The first-order valence-electron chi connectivity index (χ1n) is 5.08. The second-order valence-electron chi connectivity index (χ2n) is 3.65. The summed E-state index contributed by atoms with van der Waals surface area (Å²) in [4.78, 5) is 10.9. The molecule has 0 radical (unpaired) electrons. The number of carbonyl (C=O) groups is 1. The van der Waals surface area contributed by atoms with Crippen LogP contribution in [0, 0.1) is 0 Å². The van der Waals surface area contributed by atoms with Crippen molar-refractivity contribution in [1.82, 2.24) is 5.32 Å². The molecule has 0 saturated carbocycles. The molecule has 0 aliphatic carbocycles. The Morgan fingerprint density at radius 3 is 2.22 bits per heavy atom. The molecule has 0 heterocycles. The van der Waals surface area contributed by atoms with Gasteiger partial charge >= 0.3 is 12.1 Å². The van der Waals surface area contributed by atoms with Crippen molar-refractivity contribution in [2.24, 2.45) is 0 Å². The molecule has 100 valence electrons. The lowest BCUT2D eigenvalue weighted by molar-refractivity contribution is -0.182. The van der Waals surface area contributed by atoms with E-state index in [2.05, 4.69) is 0 Å². The van der Waals surface area contributed by atoms with Crippen LogP contribution in [-0.4, -0.2) is 28.9 Å². The average Bonchev–Trinajstić information content (AvgIpc) is 2.29. The van der Waals surface area contributed by atoms with Crippen LogP contribution in [0.15, 0.2) is 30.3 Å². The van der Waals surface area contributed by atoms with E-state index in [9.17, 15) is 23.1 Å². The number of alkyl halides is 3. The molecule has 0 spiro atoms. The third-order valence-corrected chi connectivity index (χ3v) is 2.30. The minimum absolute atomic E-state index is 0.0663. The number of rotatable bonds is 4. The summed E-state index contributed by atoms with van der Waals surface area (Å²) in [5.41, 5.74) is -2.18. The van der Waals surface area contributed by atoms with E-state index in [1.165, 1.54) is 29.6 Å². The summed E-state index contributed by atoms with van der Waals surface area (Å²) in [5.74, 6) is -2.26. The van der Waals surface area contributed by atoms with E-state index in [0.717, 1.165) is 0 Å². The van der Waals surface area contributed by atoms with E-state index >= 15 is 0 Å². The Bertz CT molecular complexity index is 408. The number of hydrogen-bond acceptors (Lipinski definition) is 3. The second-order valence-corrected chi connectivity index (χ2v) is 3.65. The number of carbonyl (C=O) groups excluding carboxylic acids is 1. The lowest BCUT2D eigenvalue weighted by Gasteiger charge is -2.29. The number of aliphatic hydroxyl groups is 2. The second kappa shape index (κ2) is 5.36. The third-order valence-electron chi connectivity index (χ3n) is 2.30. The topological polar surface area (TPSA) is 69.6 Å². The van der Waals surface area contributed by atoms with Gasteiger partial charge in [0.1, 0.15) is 0 Å². The van der Waals surface area contributed by atoms with Crippen LogP contribution in [-0.2, 0) is 10.5 Å². The lowest BCUT2D eigenvalue weighted by Crippen LogP contribution is -2.51. The van der Waals surface area contributed by atoms with E-state index in [-0.39, 0.29) is 5.56 Å². The van der Waals surface area contributed by atoms with Crippen LogP contribution >= 0.6 is 0 Å². The summed E-state index contributed by atoms with van der Waals surface area (Å²) in [5, 5.41) is 20.3. The zero-order valence-corrected chi connectivity index (χ0v) is 9.24. The van der Waals surface area contributed by atoms with Crippen molar-refractivity contribution < 1.29 is 28.2 Å². The largest absolute Gasteiger partial charge is 0.471 e. The maximum absolute atomic E-state index is 12.1. The predicted molar refractivity (Wildman–Crippen MR) is 56.2 cm³/mol. The molecule has 1 aromatic rings. The number of amides is 1. The molecule has 18 heavy (non-hydrogen) atoms. The highest BCUT2D eigenvalue weighted by Crippen LogP contribution is 2.24. The number of hydrogen-bond donors (Lipinski definition) is 3. The fraction of sp³-hybridized carbons (Fsp3) is 0.364. The molecule has 1 unspecified atom stereocenters. The Labute approximate surface area is 101 Å². The molecule has 1 atom stereocenters. The summed E-state index contributed by atoms with van der Waals surface area (Å²) in [6.45, 7) is -0.580. The Hall–Kier alpha value is -1.60. The van der Waals surface area contributed by atoms with E-state index in [1.54, 1.807) is 6.07 Å². The summed E-state index contributed by atoms with van der Waals surface area (Å²) in [7, 11) is 0. The molecule has 0 aliphatic heterocycles. The Balaban J connectivity index is 2.98. The molecule has 0 aromatic heterocycles. The van der Waals surface area contributed by atoms with Crippen molar-refractivity contribution in [1.29, 1.82) is 0 Å². The van der Waals surface area contributed by atoms with Gasteiger partial charge in [-0.3, -0.25) is 4.79 Å². The van der Waals surface area contributed by atoms with Gasteiger partial charge in [-0.2, -0.15) is 13.2 Å². The molecule has 0 saturated heterocycles. The van der Waals surface area contributed by atoms with Gasteiger partial charge in [0, 0.05) is 18.6 Å². The van der Waals surface area contributed by atoms with Crippen molar-refractivity contribution >= 4 is 5.91 Å². The highest BCUT2D eigenvalue weighted by molar-refractivity contribution is 5.82. The standard InChI is InChI=1S/C11H12F3NO3/c12-11(13,14)9(17)15-10(18,6-7-16)8-4-2-1-3-5-8/h1-5,16,18H,6-7H2,(H,15,17). The van der Waals surface area contributed by atoms with Crippen LogP contribution in [0.2, 0.25) is 0 Å². The molecule has 0 fully saturated rings. The smallest absolute Gasteiger partial charge is 0.396 e. The number of aliphatic hydroxyl groups excluding tert-OH is 1. The summed E-state index contributed by atoms with van der Waals surface area (Å²) < 4.78 is 36.4. The zero-order valence-electron chi connectivity index (χ0n) is 9.24. The average molecular weight is 263 g/mol. The highest BCUT2D eigenvalue weighted by atomic mass is 19.4. The number of benzene rings is 1. The van der Waals surface area contributed by atoms with Gasteiger partial charge in [-0.25, -0.2) is 0 Å². The van der Waals surface area contributed by atoms with Crippen LogP contribution < -0.4 is 5.32 Å². The van der Waals surface area contributed by atoms with Crippen LogP contribution in [0.3, 0.4) is 0 Å². The van der Waals surface area contributed by atoms with Crippen LogP contribution in [0.5, 0.6) is 0 Å². The molecule has 1 rings (SSSR count). The van der Waals surface area contributed by atoms with Gasteiger partial charge in [0.25, 0.3) is 0 Å². The van der Waals surface area contributed by atoms with Gasteiger partial charge in [0.15, 0.2) is 5.72 Å². The monoisotopic (exact) mass is 263 g/mol. The van der Waals surface area contributed by atoms with E-state index in [0.29, 0.717) is 0 Å². The van der Waals surface area contributed by atoms with Gasteiger partial charge in [-0.05, 0) is 0 Å². The molecule has 3 N–H and O–H groups in total. The number of nitrogens with one attached hydrogen (secondary N) is 1. The van der Waals surface area contributed by atoms with Gasteiger partial charge in [0.2, 0.25) is 0 Å². The molecule has 7 heteroatoms. The van der Waals surface area contributed by atoms with E-state index in [1.807, 2.05) is 0 Å². The molecule has 4 nitrogen and oxygen atoms in total.